The maximum atomic E-state index is 10.9. The molecule has 8 nitrogen and oxygen atoms in total. The number of nitriles is 1. The zero-order chi connectivity index (χ0) is 28.9. The Bertz CT molecular complexity index is 1670. The van der Waals surface area contributed by atoms with Gasteiger partial charge in [-0.1, -0.05) is 52.1 Å². The molecule has 4 aromatic rings. The van der Waals surface area contributed by atoms with Crippen LogP contribution in [0.2, 0.25) is 15.1 Å². The molecular formula is C30H25Cl3N4O4. The van der Waals surface area contributed by atoms with Gasteiger partial charge in [0, 0.05) is 40.2 Å². The molecule has 2 aromatic carbocycles. The Kier molecular flexibility index (Phi) is 7.23. The van der Waals surface area contributed by atoms with Crippen LogP contribution in [0.15, 0.2) is 47.0 Å². The van der Waals surface area contributed by atoms with Gasteiger partial charge in [0.05, 0.1) is 27.1 Å². The third-order valence-electron chi connectivity index (χ3n) is 7.69. The van der Waals surface area contributed by atoms with Gasteiger partial charge in [0.25, 0.3) is 6.47 Å². The summed E-state index contributed by atoms with van der Waals surface area (Å²) in [6.45, 7) is 4.48. The molecular weight excluding hydrogens is 587 g/mol. The number of carbonyl (C=O) groups excluding carboxylic acids is 1. The van der Waals surface area contributed by atoms with Gasteiger partial charge in [-0.2, -0.15) is 5.26 Å². The van der Waals surface area contributed by atoms with Crippen LogP contribution in [0.25, 0.3) is 11.3 Å². The zero-order valence-corrected chi connectivity index (χ0v) is 24.5. The molecule has 0 bridgehead atoms. The first kappa shape index (κ1) is 27.6. The van der Waals surface area contributed by atoms with Crippen molar-refractivity contribution in [3.05, 3.63) is 80.1 Å². The number of hydrogen-bond donors (Lipinski definition) is 0. The number of hydrogen-bond acceptors (Lipinski definition) is 7. The van der Waals surface area contributed by atoms with E-state index in [0.717, 1.165) is 29.9 Å². The molecule has 41 heavy (non-hydrogen) atoms. The van der Waals surface area contributed by atoms with Gasteiger partial charge in [-0.15, -0.1) is 5.10 Å². The van der Waals surface area contributed by atoms with Crippen molar-refractivity contribution < 1.29 is 18.8 Å². The van der Waals surface area contributed by atoms with E-state index in [4.69, 9.17) is 48.8 Å². The van der Waals surface area contributed by atoms with Crippen LogP contribution < -0.4 is 9.47 Å². The van der Waals surface area contributed by atoms with E-state index in [2.05, 4.69) is 16.3 Å². The number of ether oxygens (including phenoxy) is 2. The summed E-state index contributed by atoms with van der Waals surface area (Å²) in [5.74, 6) is 1.66. The molecule has 0 spiro atoms. The minimum absolute atomic E-state index is 0.0146. The van der Waals surface area contributed by atoms with Crippen LogP contribution in [0.5, 0.6) is 11.6 Å². The smallest absolute Gasteiger partial charge is 0.299 e. The molecule has 0 N–H and O–H groups in total. The summed E-state index contributed by atoms with van der Waals surface area (Å²) in [5, 5.41) is 20.3. The molecule has 210 valence electrons. The first-order valence-electron chi connectivity index (χ1n) is 13.2. The van der Waals surface area contributed by atoms with Crippen molar-refractivity contribution in [3.63, 3.8) is 0 Å². The monoisotopic (exact) mass is 610 g/mol. The zero-order valence-electron chi connectivity index (χ0n) is 22.2. The summed E-state index contributed by atoms with van der Waals surface area (Å²) in [5.41, 5.74) is 2.67. The highest BCUT2D eigenvalue weighted by molar-refractivity contribution is 6.39. The van der Waals surface area contributed by atoms with E-state index in [1.165, 1.54) is 0 Å². The summed E-state index contributed by atoms with van der Waals surface area (Å²) < 4.78 is 18.7. The minimum atomic E-state index is -0.831. The first-order valence-corrected chi connectivity index (χ1v) is 14.4. The van der Waals surface area contributed by atoms with Crippen molar-refractivity contribution in [1.29, 1.82) is 5.26 Å². The summed E-state index contributed by atoms with van der Waals surface area (Å²) in [4.78, 5) is 10.9. The summed E-state index contributed by atoms with van der Waals surface area (Å²) in [6, 6.07) is 14.9. The van der Waals surface area contributed by atoms with Crippen LogP contribution in [-0.4, -0.2) is 21.4 Å². The quantitative estimate of drug-likeness (QED) is 0.167. The van der Waals surface area contributed by atoms with Crippen molar-refractivity contribution in [2.75, 3.05) is 0 Å². The van der Waals surface area contributed by atoms with Gasteiger partial charge >= 0.3 is 0 Å². The van der Waals surface area contributed by atoms with Crippen LogP contribution in [0.4, 0.5) is 0 Å². The Morgan fingerprint density at radius 1 is 1.17 bits per heavy atom. The van der Waals surface area contributed by atoms with E-state index in [1.54, 1.807) is 35.0 Å². The molecule has 2 aliphatic rings. The largest absolute Gasteiger partial charge is 0.489 e. The molecule has 11 heteroatoms. The molecule has 2 unspecified atom stereocenters. The molecule has 2 heterocycles. The maximum absolute atomic E-state index is 10.9. The van der Waals surface area contributed by atoms with Gasteiger partial charge < -0.3 is 14.0 Å². The lowest BCUT2D eigenvalue weighted by Crippen LogP contribution is -2.12. The molecule has 0 saturated heterocycles. The average molecular weight is 612 g/mol. The lowest BCUT2D eigenvalue weighted by atomic mass is 9.93. The van der Waals surface area contributed by atoms with Gasteiger partial charge in [-0.3, -0.25) is 9.48 Å². The van der Waals surface area contributed by atoms with Crippen molar-refractivity contribution in [1.82, 2.24) is 14.9 Å². The fourth-order valence-corrected chi connectivity index (χ4v) is 6.33. The van der Waals surface area contributed by atoms with Crippen LogP contribution >= 0.6 is 34.8 Å². The van der Waals surface area contributed by atoms with Crippen molar-refractivity contribution >= 4 is 41.3 Å². The second-order valence-electron chi connectivity index (χ2n) is 10.7. The van der Waals surface area contributed by atoms with Crippen LogP contribution in [0, 0.1) is 11.3 Å². The predicted octanol–water partition coefficient (Wildman–Crippen LogP) is 8.02. The molecule has 0 amide bonds. The molecule has 2 atom stereocenters. The molecule has 2 saturated carbocycles. The predicted molar refractivity (Wildman–Crippen MR) is 154 cm³/mol. The van der Waals surface area contributed by atoms with Crippen molar-refractivity contribution in [2.45, 2.75) is 63.0 Å². The lowest BCUT2D eigenvalue weighted by molar-refractivity contribution is -0.121. The number of aromatic nitrogens is 3. The fourth-order valence-electron chi connectivity index (χ4n) is 5.42. The van der Waals surface area contributed by atoms with E-state index >= 15 is 0 Å². The third kappa shape index (κ3) is 4.97. The first-order chi connectivity index (χ1) is 19.8. The highest BCUT2D eigenvalue weighted by atomic mass is 35.5. The highest BCUT2D eigenvalue weighted by Crippen LogP contribution is 2.62. The number of halogens is 3. The van der Waals surface area contributed by atoms with Crippen molar-refractivity contribution in [2.24, 2.45) is 0 Å². The summed E-state index contributed by atoms with van der Waals surface area (Å²) in [7, 11) is 0. The average Bonchev–Trinajstić information content (AvgIpc) is 3.84. The Morgan fingerprint density at radius 2 is 1.93 bits per heavy atom. The maximum Gasteiger partial charge on any atom is 0.299 e. The molecule has 0 aliphatic heterocycles. The van der Waals surface area contributed by atoms with Crippen LogP contribution in [0.1, 0.15) is 73.6 Å². The summed E-state index contributed by atoms with van der Waals surface area (Å²) in [6.07, 6.45) is 2.61. The topological polar surface area (TPSA) is 103 Å². The SMILES string of the molecule is CC(C)n1nc(OC=O)cc1C1CC1(C#N)c1ccc(OCc2c(-c3c(Cl)cccc3Cl)noc2C2CC2)cc1Cl. The van der Waals surface area contributed by atoms with E-state index < -0.39 is 5.41 Å². The van der Waals surface area contributed by atoms with E-state index in [0.29, 0.717) is 56.4 Å². The second-order valence-corrected chi connectivity index (χ2v) is 11.9. The second kappa shape index (κ2) is 10.7. The Labute approximate surface area is 251 Å². The minimum Gasteiger partial charge on any atom is -0.489 e. The molecule has 6 rings (SSSR count). The summed E-state index contributed by atoms with van der Waals surface area (Å²) >= 11 is 19.7. The van der Waals surface area contributed by atoms with Gasteiger partial charge in [0.15, 0.2) is 0 Å². The van der Waals surface area contributed by atoms with Gasteiger partial charge in [0.1, 0.15) is 23.8 Å². The Hall–Kier alpha value is -3.51. The third-order valence-corrected chi connectivity index (χ3v) is 8.63. The Morgan fingerprint density at radius 3 is 2.56 bits per heavy atom. The number of nitrogens with zero attached hydrogens (tertiary/aromatic N) is 4. The van der Waals surface area contributed by atoms with Crippen LogP contribution in [0.3, 0.4) is 0 Å². The van der Waals surface area contributed by atoms with Gasteiger partial charge in [-0.05, 0) is 62.9 Å². The van der Waals surface area contributed by atoms with E-state index in [1.807, 2.05) is 26.0 Å². The van der Waals surface area contributed by atoms with Gasteiger partial charge in [-0.25, -0.2) is 0 Å². The van der Waals surface area contributed by atoms with Gasteiger partial charge in [0.2, 0.25) is 5.88 Å². The molecule has 2 aliphatic carbocycles. The number of benzene rings is 2. The Balaban J connectivity index is 1.26. The fraction of sp³-hybridized carbons (Fsp3) is 0.333. The standard InChI is InChI=1S/C30H25Cl3N4O4/c1-16(2)37-25(11-26(35-37)40-15-38)21-12-30(21,14-34)20-9-8-18(10-24(20)33)39-13-19-28(36-41-29(19)17-6-7-17)27-22(31)4-3-5-23(27)32/h3-5,8-11,15-17,21H,6-7,12-13H2,1-2H3. The van der Waals surface area contributed by atoms with E-state index in [9.17, 15) is 10.1 Å². The van der Waals surface area contributed by atoms with E-state index in [-0.39, 0.29) is 24.4 Å². The normalized spacial score (nSPS) is 19.7. The number of rotatable bonds is 10. The molecule has 2 fully saturated rings. The lowest BCUT2D eigenvalue weighted by Gasteiger charge is -2.15. The van der Waals surface area contributed by atoms with Crippen molar-refractivity contribution in [3.8, 4) is 29.0 Å². The molecule has 0 radical (unpaired) electrons. The highest BCUT2D eigenvalue weighted by Gasteiger charge is 2.59. The van der Waals surface area contributed by atoms with Crippen LogP contribution in [-0.2, 0) is 16.8 Å². The molecule has 2 aromatic heterocycles. The number of carbonyl (C=O) groups is 1.